The van der Waals surface area contributed by atoms with Crippen LogP contribution in [-0.4, -0.2) is 66.4 Å². The first-order valence-electron chi connectivity index (χ1n) is 8.49. The number of carbonyl (C=O) groups excluding carboxylic acids is 3. The first kappa shape index (κ1) is 19.1. The first-order valence-corrected chi connectivity index (χ1v) is 8.49. The van der Waals surface area contributed by atoms with E-state index in [1.54, 1.807) is 7.05 Å². The van der Waals surface area contributed by atoms with Crippen molar-refractivity contribution < 1.29 is 19.5 Å². The van der Waals surface area contributed by atoms with Gasteiger partial charge in [0.1, 0.15) is 12.3 Å². The molecular weight excluding hydrogens is 322 g/mol. The van der Waals surface area contributed by atoms with Crippen molar-refractivity contribution in [3.63, 3.8) is 0 Å². The number of aldehydes is 1. The number of hydrogen-bond acceptors (Lipinski definition) is 5. The predicted molar refractivity (Wildman–Crippen MR) is 92.8 cm³/mol. The van der Waals surface area contributed by atoms with Crippen molar-refractivity contribution in [1.29, 1.82) is 0 Å². The minimum atomic E-state index is -1.04. The highest BCUT2D eigenvalue weighted by Crippen LogP contribution is 2.16. The first-order chi connectivity index (χ1) is 12.1. The summed E-state index contributed by atoms with van der Waals surface area (Å²) in [6.45, 7) is -0.0392. The van der Waals surface area contributed by atoms with E-state index in [9.17, 15) is 19.5 Å². The Morgan fingerprint density at radius 1 is 1.32 bits per heavy atom. The van der Waals surface area contributed by atoms with Gasteiger partial charge in [0.2, 0.25) is 11.8 Å². The van der Waals surface area contributed by atoms with Gasteiger partial charge >= 0.3 is 0 Å². The third-order valence-electron chi connectivity index (χ3n) is 4.48. The number of aliphatic hydroxyl groups is 1. The second-order valence-corrected chi connectivity index (χ2v) is 6.15. The molecule has 3 N–H and O–H groups in total. The molecule has 3 atom stereocenters. The SMILES string of the molecule is CN[C@@H](Cc1ccccc1)C(=O)N[C@@H](CO)C(=O)N1CCC[C@H]1C=O. The van der Waals surface area contributed by atoms with Crippen LogP contribution in [0.5, 0.6) is 0 Å². The maximum atomic E-state index is 12.5. The second kappa shape index (κ2) is 9.29. The number of carbonyl (C=O) groups is 3. The van der Waals surface area contributed by atoms with Crippen LogP contribution in [0.4, 0.5) is 0 Å². The highest BCUT2D eigenvalue weighted by atomic mass is 16.3. The summed E-state index contributed by atoms with van der Waals surface area (Å²) < 4.78 is 0. The minimum absolute atomic E-state index is 0.361. The molecule has 0 aromatic heterocycles. The lowest BCUT2D eigenvalue weighted by Gasteiger charge is -2.27. The summed E-state index contributed by atoms with van der Waals surface area (Å²) in [5, 5.41) is 15.1. The number of likely N-dealkylation sites (tertiary alicyclic amines) is 1. The minimum Gasteiger partial charge on any atom is -0.394 e. The zero-order valence-corrected chi connectivity index (χ0v) is 14.4. The highest BCUT2D eigenvalue weighted by Gasteiger charge is 2.34. The molecule has 7 nitrogen and oxygen atoms in total. The second-order valence-electron chi connectivity index (χ2n) is 6.15. The molecule has 0 unspecified atom stereocenters. The number of benzene rings is 1. The summed E-state index contributed by atoms with van der Waals surface area (Å²) in [4.78, 5) is 37.5. The molecule has 7 heteroatoms. The molecule has 2 amide bonds. The van der Waals surface area contributed by atoms with Crippen molar-refractivity contribution in [2.45, 2.75) is 37.4 Å². The van der Waals surface area contributed by atoms with Gasteiger partial charge < -0.3 is 25.4 Å². The fourth-order valence-electron chi connectivity index (χ4n) is 3.04. The number of aliphatic hydroxyl groups excluding tert-OH is 1. The van der Waals surface area contributed by atoms with Crippen LogP contribution >= 0.6 is 0 Å². The molecule has 0 aliphatic carbocycles. The van der Waals surface area contributed by atoms with Crippen LogP contribution in [0, 0.1) is 0 Å². The van der Waals surface area contributed by atoms with Crippen molar-refractivity contribution in [3.8, 4) is 0 Å². The summed E-state index contributed by atoms with van der Waals surface area (Å²) in [5.41, 5.74) is 0.990. The smallest absolute Gasteiger partial charge is 0.248 e. The van der Waals surface area contributed by atoms with E-state index in [1.165, 1.54) is 4.90 Å². The van der Waals surface area contributed by atoms with Crippen LogP contribution in [0.2, 0.25) is 0 Å². The normalized spacial score (nSPS) is 19.3. The van der Waals surface area contributed by atoms with Gasteiger partial charge in [0.25, 0.3) is 0 Å². The average Bonchev–Trinajstić information content (AvgIpc) is 3.13. The largest absolute Gasteiger partial charge is 0.394 e. The van der Waals surface area contributed by atoms with E-state index in [4.69, 9.17) is 0 Å². The van der Waals surface area contributed by atoms with Gasteiger partial charge in [-0.05, 0) is 31.9 Å². The summed E-state index contributed by atoms with van der Waals surface area (Å²) in [7, 11) is 1.67. The molecule has 1 saturated heterocycles. The average molecular weight is 347 g/mol. The molecule has 0 saturated carbocycles. The molecule has 1 aliphatic heterocycles. The third kappa shape index (κ3) is 4.87. The lowest BCUT2D eigenvalue weighted by Crippen LogP contribution is -2.56. The standard InChI is InChI=1S/C18H25N3O4/c1-19-15(10-13-6-3-2-4-7-13)17(24)20-16(12-23)18(25)21-9-5-8-14(21)11-22/h2-4,6-7,11,14-16,19,23H,5,8-10,12H2,1H3,(H,20,24)/t14-,15-,16-/m0/s1. The van der Waals surface area contributed by atoms with Crippen LogP contribution in [-0.2, 0) is 20.8 Å². The van der Waals surface area contributed by atoms with E-state index in [-0.39, 0.29) is 5.91 Å². The molecule has 1 fully saturated rings. The van der Waals surface area contributed by atoms with Crippen LogP contribution in [0.3, 0.4) is 0 Å². The number of amides is 2. The molecule has 0 spiro atoms. The summed E-state index contributed by atoms with van der Waals surface area (Å²) in [6.07, 6.45) is 2.58. The highest BCUT2D eigenvalue weighted by molar-refractivity contribution is 5.91. The monoisotopic (exact) mass is 347 g/mol. The number of nitrogens with zero attached hydrogens (tertiary/aromatic N) is 1. The van der Waals surface area contributed by atoms with Crippen LogP contribution < -0.4 is 10.6 Å². The van der Waals surface area contributed by atoms with Gasteiger partial charge in [0.05, 0.1) is 18.7 Å². The molecular formula is C18H25N3O4. The molecule has 136 valence electrons. The zero-order valence-electron chi connectivity index (χ0n) is 14.4. The van der Waals surface area contributed by atoms with Crippen molar-refractivity contribution in [1.82, 2.24) is 15.5 Å². The Hall–Kier alpha value is -2.25. The lowest BCUT2D eigenvalue weighted by molar-refractivity contribution is -0.140. The molecule has 1 heterocycles. The van der Waals surface area contributed by atoms with E-state index >= 15 is 0 Å². The molecule has 1 aromatic carbocycles. The van der Waals surface area contributed by atoms with Gasteiger partial charge in [0.15, 0.2) is 0 Å². The van der Waals surface area contributed by atoms with Gasteiger partial charge in [-0.15, -0.1) is 0 Å². The molecule has 0 radical (unpaired) electrons. The van der Waals surface area contributed by atoms with Crippen LogP contribution in [0.1, 0.15) is 18.4 Å². The lowest BCUT2D eigenvalue weighted by atomic mass is 10.0. The maximum Gasteiger partial charge on any atom is 0.248 e. The van der Waals surface area contributed by atoms with Crippen molar-refractivity contribution in [2.75, 3.05) is 20.2 Å². The van der Waals surface area contributed by atoms with Gasteiger partial charge in [0, 0.05) is 6.54 Å². The van der Waals surface area contributed by atoms with Gasteiger partial charge in [-0.2, -0.15) is 0 Å². The zero-order chi connectivity index (χ0) is 18.2. The third-order valence-corrected chi connectivity index (χ3v) is 4.48. The topological polar surface area (TPSA) is 98.7 Å². The Kier molecular flexibility index (Phi) is 7.09. The number of likely N-dealkylation sites (N-methyl/N-ethyl adjacent to an activating group) is 1. The Morgan fingerprint density at radius 3 is 2.64 bits per heavy atom. The molecule has 25 heavy (non-hydrogen) atoms. The van der Waals surface area contributed by atoms with Gasteiger partial charge in [-0.3, -0.25) is 9.59 Å². The molecule has 2 rings (SSSR count). The fraction of sp³-hybridized carbons (Fsp3) is 0.500. The van der Waals surface area contributed by atoms with Crippen LogP contribution in [0.25, 0.3) is 0 Å². The van der Waals surface area contributed by atoms with Crippen molar-refractivity contribution in [3.05, 3.63) is 35.9 Å². The predicted octanol–water partition coefficient (Wildman–Crippen LogP) is -0.516. The van der Waals surface area contributed by atoms with Crippen LogP contribution in [0.15, 0.2) is 30.3 Å². The van der Waals surface area contributed by atoms with E-state index < -0.39 is 30.6 Å². The van der Waals surface area contributed by atoms with E-state index in [0.29, 0.717) is 19.4 Å². The molecule has 0 bridgehead atoms. The fourth-order valence-corrected chi connectivity index (χ4v) is 3.04. The maximum absolute atomic E-state index is 12.5. The Balaban J connectivity index is 1.99. The quantitative estimate of drug-likeness (QED) is 0.550. The van der Waals surface area contributed by atoms with Gasteiger partial charge in [-0.25, -0.2) is 0 Å². The van der Waals surface area contributed by atoms with Crippen molar-refractivity contribution >= 4 is 18.1 Å². The molecule has 1 aromatic rings. The number of hydrogen-bond donors (Lipinski definition) is 3. The van der Waals surface area contributed by atoms with Crippen molar-refractivity contribution in [2.24, 2.45) is 0 Å². The summed E-state index contributed by atoms with van der Waals surface area (Å²) >= 11 is 0. The Bertz CT molecular complexity index is 593. The van der Waals surface area contributed by atoms with E-state index in [2.05, 4.69) is 10.6 Å². The number of rotatable bonds is 8. The Morgan fingerprint density at radius 2 is 2.04 bits per heavy atom. The van der Waals surface area contributed by atoms with E-state index in [0.717, 1.165) is 18.3 Å². The number of nitrogens with one attached hydrogen (secondary N) is 2. The van der Waals surface area contributed by atoms with Gasteiger partial charge in [-0.1, -0.05) is 30.3 Å². The van der Waals surface area contributed by atoms with E-state index in [1.807, 2.05) is 30.3 Å². The molecule has 1 aliphatic rings. The Labute approximate surface area is 147 Å². The summed E-state index contributed by atoms with van der Waals surface area (Å²) in [5.74, 6) is -0.777. The summed E-state index contributed by atoms with van der Waals surface area (Å²) in [6, 6.07) is 7.50.